The van der Waals surface area contributed by atoms with Crippen molar-refractivity contribution >= 4 is 11.7 Å². The van der Waals surface area contributed by atoms with Gasteiger partial charge in [0.15, 0.2) is 17.5 Å². The molecule has 1 aromatic rings. The van der Waals surface area contributed by atoms with E-state index in [0.717, 1.165) is 19.8 Å². The molecule has 0 spiro atoms. The van der Waals surface area contributed by atoms with E-state index in [9.17, 15) is 26.7 Å². The molecule has 1 aliphatic rings. The molecular weight excluding hydrogens is 393 g/mol. The maximum atomic E-state index is 14.5. The van der Waals surface area contributed by atoms with Crippen LogP contribution in [-0.2, 0) is 16.1 Å². The predicted octanol–water partition coefficient (Wildman–Crippen LogP) is 6.11. The molecule has 29 heavy (non-hydrogen) atoms. The van der Waals surface area contributed by atoms with Crippen LogP contribution in [0.25, 0.3) is 0 Å². The molecule has 2 atom stereocenters. The first kappa shape index (κ1) is 23.2. The second kappa shape index (κ2) is 9.13. The molecule has 0 unspecified atom stereocenters. The van der Waals surface area contributed by atoms with Gasteiger partial charge in [-0.3, -0.25) is 4.79 Å². The number of unbranched alkanes of at least 4 members (excludes halogenated alkanes) is 2. The van der Waals surface area contributed by atoms with Crippen molar-refractivity contribution in [2.24, 2.45) is 17.3 Å². The molecule has 8 heteroatoms. The van der Waals surface area contributed by atoms with Gasteiger partial charge in [-0.05, 0) is 24.8 Å². The Morgan fingerprint density at radius 3 is 2.38 bits per heavy atom. The zero-order chi connectivity index (χ0) is 21.9. The first-order valence-corrected chi connectivity index (χ1v) is 9.63. The first-order valence-electron chi connectivity index (χ1n) is 9.63. The van der Waals surface area contributed by atoms with Gasteiger partial charge in [-0.1, -0.05) is 33.6 Å². The van der Waals surface area contributed by atoms with Gasteiger partial charge in [0.05, 0.1) is 17.2 Å². The Kier molecular flexibility index (Phi) is 7.30. The van der Waals surface area contributed by atoms with Gasteiger partial charge in [0, 0.05) is 18.0 Å². The number of hydrogen-bond donors (Lipinski definition) is 1. The summed E-state index contributed by atoms with van der Waals surface area (Å²) in [7, 11) is 0. The van der Waals surface area contributed by atoms with Crippen molar-refractivity contribution in [2.45, 2.75) is 53.6 Å². The fraction of sp³-hybridized carbons (Fsp3) is 0.571. The quantitative estimate of drug-likeness (QED) is 0.227. The maximum Gasteiger partial charge on any atom is 0.310 e. The molecule has 0 radical (unpaired) electrons. The third-order valence-corrected chi connectivity index (χ3v) is 5.55. The summed E-state index contributed by atoms with van der Waals surface area (Å²) in [5, 5.41) is 2.76. The summed E-state index contributed by atoms with van der Waals surface area (Å²) >= 11 is 0. The third-order valence-electron chi connectivity index (χ3n) is 5.55. The zero-order valence-electron chi connectivity index (χ0n) is 17.0. The molecule has 0 aliphatic heterocycles. The number of carbonyl (C=O) groups excluding carboxylic acids is 1. The van der Waals surface area contributed by atoms with E-state index in [-0.39, 0.29) is 5.69 Å². The Hall–Kier alpha value is -2.12. The van der Waals surface area contributed by atoms with E-state index in [0.29, 0.717) is 19.0 Å². The van der Waals surface area contributed by atoms with Crippen LogP contribution in [0.15, 0.2) is 12.2 Å². The number of allylic oxidation sites excluding steroid dienone is 1. The first-order chi connectivity index (χ1) is 13.5. The van der Waals surface area contributed by atoms with Gasteiger partial charge in [0.2, 0.25) is 0 Å². The lowest BCUT2D eigenvalue weighted by atomic mass is 10.1. The number of ether oxygens (including phenoxy) is 1. The van der Waals surface area contributed by atoms with Gasteiger partial charge in [-0.15, -0.1) is 0 Å². The summed E-state index contributed by atoms with van der Waals surface area (Å²) in [6.07, 6.45) is 1.30. The number of benzene rings is 1. The molecule has 0 heterocycles. The monoisotopic (exact) mass is 419 g/mol. The van der Waals surface area contributed by atoms with Gasteiger partial charge in [0.25, 0.3) is 6.08 Å². The van der Waals surface area contributed by atoms with Crippen LogP contribution >= 0.6 is 0 Å². The number of hydrogen-bond acceptors (Lipinski definition) is 3. The number of halogens is 5. The molecule has 3 nitrogen and oxygen atoms in total. The van der Waals surface area contributed by atoms with Crippen LogP contribution in [0, 0.1) is 41.6 Å². The average Bonchev–Trinajstić information content (AvgIpc) is 3.19. The topological polar surface area (TPSA) is 38.3 Å². The summed E-state index contributed by atoms with van der Waals surface area (Å²) in [5.41, 5.74) is -1.88. The van der Waals surface area contributed by atoms with Crippen molar-refractivity contribution in [3.63, 3.8) is 0 Å². The summed E-state index contributed by atoms with van der Waals surface area (Å²) in [5.74, 6) is -5.93. The summed E-state index contributed by atoms with van der Waals surface area (Å²) in [4.78, 5) is 12.3. The normalized spacial score (nSPS) is 19.6. The van der Waals surface area contributed by atoms with Crippen LogP contribution in [0.2, 0.25) is 0 Å². The summed E-state index contributed by atoms with van der Waals surface area (Å²) in [6.45, 7) is 6.02. The number of esters is 1. The molecule has 0 bridgehead atoms. The molecule has 1 N–H and O–H groups in total. The predicted molar refractivity (Wildman–Crippen MR) is 99.9 cm³/mol. The Labute approximate surface area is 167 Å². The van der Waals surface area contributed by atoms with Crippen molar-refractivity contribution in [2.75, 3.05) is 11.9 Å². The van der Waals surface area contributed by atoms with Crippen molar-refractivity contribution in [1.82, 2.24) is 0 Å². The Balaban J connectivity index is 2.19. The van der Waals surface area contributed by atoms with Crippen LogP contribution in [-0.4, -0.2) is 12.5 Å². The fourth-order valence-corrected chi connectivity index (χ4v) is 3.54. The van der Waals surface area contributed by atoms with E-state index in [4.69, 9.17) is 4.74 Å². The largest absolute Gasteiger partial charge is 0.460 e. The highest BCUT2D eigenvalue weighted by Crippen LogP contribution is 2.60. The summed E-state index contributed by atoms with van der Waals surface area (Å²) < 4.78 is 73.2. The second-order valence-electron chi connectivity index (χ2n) is 7.94. The molecule has 1 saturated carbocycles. The Morgan fingerprint density at radius 2 is 1.79 bits per heavy atom. The minimum atomic E-state index is -1.90. The van der Waals surface area contributed by atoms with Crippen LogP contribution in [0.3, 0.4) is 0 Å². The minimum Gasteiger partial charge on any atom is -0.460 e. The standard InChI is InChI=1S/C21H26F5NO2/c1-5-6-7-8-27-19-12(18(26)16(24)11(2)17(19)25)10-29-20(28)15-13(9-14(22)23)21(15,3)4/h9,13,15,27H,5-8,10H2,1-4H3/t13-,15+/m1/s1. The van der Waals surface area contributed by atoms with Gasteiger partial charge in [-0.25, -0.2) is 13.2 Å². The fourth-order valence-electron chi connectivity index (χ4n) is 3.54. The lowest BCUT2D eigenvalue weighted by Crippen LogP contribution is -2.16. The van der Waals surface area contributed by atoms with Crippen molar-refractivity contribution in [3.05, 3.63) is 40.7 Å². The average molecular weight is 419 g/mol. The highest BCUT2D eigenvalue weighted by molar-refractivity contribution is 5.78. The number of carbonyl (C=O) groups is 1. The third kappa shape index (κ3) is 4.90. The minimum absolute atomic E-state index is 0.244. The van der Waals surface area contributed by atoms with E-state index in [1.165, 1.54) is 0 Å². The Bertz CT molecular complexity index is 803. The molecule has 162 valence electrons. The van der Waals surface area contributed by atoms with Crippen molar-refractivity contribution < 1.29 is 31.5 Å². The number of rotatable bonds is 9. The van der Waals surface area contributed by atoms with E-state index < -0.39 is 64.5 Å². The van der Waals surface area contributed by atoms with E-state index in [2.05, 4.69) is 5.32 Å². The van der Waals surface area contributed by atoms with E-state index in [1.807, 2.05) is 6.92 Å². The molecule has 0 aromatic heterocycles. The lowest BCUT2D eigenvalue weighted by Gasteiger charge is -2.17. The molecule has 1 fully saturated rings. The van der Waals surface area contributed by atoms with Gasteiger partial charge in [-0.2, -0.15) is 8.78 Å². The maximum absolute atomic E-state index is 14.5. The highest BCUT2D eigenvalue weighted by Gasteiger charge is 2.62. The van der Waals surface area contributed by atoms with Gasteiger partial charge < -0.3 is 10.1 Å². The van der Waals surface area contributed by atoms with Gasteiger partial charge in [0.1, 0.15) is 6.61 Å². The number of nitrogens with one attached hydrogen (secondary N) is 1. The highest BCUT2D eigenvalue weighted by atomic mass is 19.3. The van der Waals surface area contributed by atoms with Crippen LogP contribution in [0.4, 0.5) is 27.6 Å². The smallest absolute Gasteiger partial charge is 0.310 e. The zero-order valence-corrected chi connectivity index (χ0v) is 17.0. The molecule has 0 saturated heterocycles. The van der Waals surface area contributed by atoms with Crippen LogP contribution < -0.4 is 5.32 Å². The Morgan fingerprint density at radius 1 is 1.14 bits per heavy atom. The van der Waals surface area contributed by atoms with Crippen molar-refractivity contribution in [1.29, 1.82) is 0 Å². The SMILES string of the molecule is CCCCCNc1c(F)c(C)c(F)c(F)c1COC(=O)[C@@H]1[C@@H](C=C(F)F)C1(C)C. The van der Waals surface area contributed by atoms with Crippen LogP contribution in [0.5, 0.6) is 0 Å². The number of anilines is 1. The molecule has 1 aromatic carbocycles. The van der Waals surface area contributed by atoms with E-state index in [1.54, 1.807) is 13.8 Å². The second-order valence-corrected chi connectivity index (χ2v) is 7.94. The van der Waals surface area contributed by atoms with Crippen LogP contribution in [0.1, 0.15) is 51.2 Å². The molecule has 1 aliphatic carbocycles. The molecular formula is C21H26F5NO2. The summed E-state index contributed by atoms with van der Waals surface area (Å²) in [6, 6.07) is 0. The lowest BCUT2D eigenvalue weighted by molar-refractivity contribution is -0.147. The van der Waals surface area contributed by atoms with Gasteiger partial charge >= 0.3 is 5.97 Å². The van der Waals surface area contributed by atoms with Crippen molar-refractivity contribution in [3.8, 4) is 0 Å². The molecule has 2 rings (SSSR count). The van der Waals surface area contributed by atoms with E-state index >= 15 is 0 Å². The molecule has 0 amide bonds.